The maximum atomic E-state index is 14.1. The van der Waals surface area contributed by atoms with Gasteiger partial charge in [0, 0.05) is 19.4 Å². The van der Waals surface area contributed by atoms with Gasteiger partial charge in [-0.25, -0.2) is 0 Å². The fraction of sp³-hybridized carbons (Fsp3) is 0.600. The van der Waals surface area contributed by atoms with Crippen molar-refractivity contribution in [3.05, 3.63) is 53.9 Å². The second kappa shape index (κ2) is 12.7. The summed E-state index contributed by atoms with van der Waals surface area (Å²) < 4.78 is 28.3. The molecule has 7 nitrogen and oxygen atoms in total. The Kier molecular flexibility index (Phi) is 9.68. The van der Waals surface area contributed by atoms with Crippen LogP contribution in [-0.4, -0.2) is 61.2 Å². The summed E-state index contributed by atoms with van der Waals surface area (Å²) in [5.74, 6) is -3.79. The molecule has 0 radical (unpaired) electrons. The van der Waals surface area contributed by atoms with Gasteiger partial charge >= 0.3 is 5.92 Å². The number of aliphatic hydroxyl groups excluding tert-OH is 1. The van der Waals surface area contributed by atoms with Gasteiger partial charge in [0.1, 0.15) is 0 Å². The molecule has 1 aliphatic rings. The van der Waals surface area contributed by atoms with Crippen LogP contribution in [0.25, 0.3) is 0 Å². The van der Waals surface area contributed by atoms with E-state index in [2.05, 4.69) is 32.8 Å². The zero-order chi connectivity index (χ0) is 24.4. The SMILES string of the molecule is C[C@@H](CCCc1ccccc1)[C@H](O)C=C[C@H]1CC(F)(F)C(=O)N1CCCCCCc1nn[nH]n1. The molecule has 1 aromatic carbocycles. The van der Waals surface area contributed by atoms with Crippen LogP contribution in [0, 0.1) is 5.92 Å². The van der Waals surface area contributed by atoms with Crippen LogP contribution >= 0.6 is 0 Å². The number of H-pyrrole nitrogens is 1. The van der Waals surface area contributed by atoms with Crippen molar-refractivity contribution < 1.29 is 18.7 Å². The monoisotopic (exact) mass is 475 g/mol. The largest absolute Gasteiger partial charge is 0.389 e. The van der Waals surface area contributed by atoms with Crippen molar-refractivity contribution in [2.75, 3.05) is 6.54 Å². The number of halogens is 2. The fourth-order valence-electron chi connectivity index (χ4n) is 4.34. The smallest absolute Gasteiger partial charge is 0.327 e. The zero-order valence-electron chi connectivity index (χ0n) is 19.7. The average molecular weight is 476 g/mol. The number of rotatable bonds is 14. The number of aliphatic hydroxyl groups is 1. The lowest BCUT2D eigenvalue weighted by Crippen LogP contribution is -2.36. The molecule has 1 aromatic heterocycles. The van der Waals surface area contributed by atoms with Crippen LogP contribution in [-0.2, 0) is 17.6 Å². The molecule has 3 atom stereocenters. The molecule has 1 saturated heterocycles. The highest BCUT2D eigenvalue weighted by atomic mass is 19.3. The second-order valence-corrected chi connectivity index (χ2v) is 9.20. The van der Waals surface area contributed by atoms with Gasteiger partial charge in [0.15, 0.2) is 5.82 Å². The molecule has 2 N–H and O–H groups in total. The molecule has 1 fully saturated rings. The summed E-state index contributed by atoms with van der Waals surface area (Å²) in [7, 11) is 0. The quantitative estimate of drug-likeness (QED) is 0.317. The summed E-state index contributed by atoms with van der Waals surface area (Å²) in [5.41, 5.74) is 1.26. The number of hydrogen-bond acceptors (Lipinski definition) is 5. The molecule has 0 unspecified atom stereocenters. The number of nitrogens with zero attached hydrogens (tertiary/aromatic N) is 4. The topological polar surface area (TPSA) is 95.0 Å². The van der Waals surface area contributed by atoms with Crippen LogP contribution < -0.4 is 0 Å². The van der Waals surface area contributed by atoms with Crippen molar-refractivity contribution in [1.29, 1.82) is 0 Å². The number of benzene rings is 1. The lowest BCUT2D eigenvalue weighted by atomic mass is 9.95. The average Bonchev–Trinajstić information content (AvgIpc) is 3.42. The number of aromatic nitrogens is 4. The van der Waals surface area contributed by atoms with E-state index < -0.39 is 30.4 Å². The Hall–Kier alpha value is -2.68. The molecule has 0 spiro atoms. The first-order valence-electron chi connectivity index (χ1n) is 12.2. The standard InChI is InChI=1S/C25H35F2N5O2/c1-19(10-9-13-20-11-5-4-6-12-20)22(33)16-15-21-18-25(26,27)24(34)32(21)17-8-3-2-7-14-23-28-30-31-29-23/h4-6,11-12,15-16,19,21-22,33H,2-3,7-10,13-14,17-18H2,1H3,(H,28,29,30,31)/t19-,21-,22+/m0/s1. The number of tetrazole rings is 1. The highest BCUT2D eigenvalue weighted by Gasteiger charge is 2.52. The Morgan fingerprint density at radius 1 is 1.18 bits per heavy atom. The van der Waals surface area contributed by atoms with E-state index in [1.165, 1.54) is 10.5 Å². The number of carbonyl (C=O) groups is 1. The van der Waals surface area contributed by atoms with Crippen molar-refractivity contribution in [3.8, 4) is 0 Å². The van der Waals surface area contributed by atoms with E-state index in [0.29, 0.717) is 18.7 Å². The van der Waals surface area contributed by atoms with Crippen molar-refractivity contribution >= 4 is 5.91 Å². The van der Waals surface area contributed by atoms with Crippen LogP contribution in [0.1, 0.15) is 63.3 Å². The Labute approximate surface area is 199 Å². The molecule has 34 heavy (non-hydrogen) atoms. The number of alkyl halides is 2. The predicted molar refractivity (Wildman–Crippen MR) is 125 cm³/mol. The van der Waals surface area contributed by atoms with Crippen molar-refractivity contribution in [1.82, 2.24) is 25.5 Å². The second-order valence-electron chi connectivity index (χ2n) is 9.20. The number of hydrogen-bond donors (Lipinski definition) is 2. The molecule has 3 rings (SSSR count). The third kappa shape index (κ3) is 7.68. The third-order valence-electron chi connectivity index (χ3n) is 6.46. The molecule has 2 heterocycles. The molecule has 186 valence electrons. The van der Waals surface area contributed by atoms with Crippen LogP contribution in [0.5, 0.6) is 0 Å². The van der Waals surface area contributed by atoms with Crippen molar-refractivity contribution in [2.24, 2.45) is 5.92 Å². The third-order valence-corrected chi connectivity index (χ3v) is 6.46. The lowest BCUT2D eigenvalue weighted by molar-refractivity contribution is -0.148. The van der Waals surface area contributed by atoms with Crippen molar-refractivity contribution in [2.45, 2.75) is 82.8 Å². The minimum atomic E-state index is -3.35. The van der Waals surface area contributed by atoms with Crippen molar-refractivity contribution in [3.63, 3.8) is 0 Å². The predicted octanol–water partition coefficient (Wildman–Crippen LogP) is 4.11. The highest BCUT2D eigenvalue weighted by molar-refractivity contribution is 5.86. The maximum absolute atomic E-state index is 14.1. The maximum Gasteiger partial charge on any atom is 0.327 e. The van der Waals surface area contributed by atoms with Crippen LogP contribution in [0.15, 0.2) is 42.5 Å². The van der Waals surface area contributed by atoms with Gasteiger partial charge in [-0.15, -0.1) is 10.2 Å². The number of aromatic amines is 1. The van der Waals surface area contributed by atoms with Crippen LogP contribution in [0.3, 0.4) is 0 Å². The molecule has 1 amide bonds. The van der Waals surface area contributed by atoms with Gasteiger partial charge < -0.3 is 10.0 Å². The molecule has 0 saturated carbocycles. The van der Waals surface area contributed by atoms with Crippen LogP contribution in [0.4, 0.5) is 8.78 Å². The molecule has 1 aliphatic heterocycles. The zero-order valence-corrected chi connectivity index (χ0v) is 19.7. The molecule has 2 aromatic rings. The first kappa shape index (κ1) is 25.9. The van der Waals surface area contributed by atoms with Gasteiger partial charge in [-0.2, -0.15) is 14.0 Å². The van der Waals surface area contributed by atoms with E-state index in [1.807, 2.05) is 25.1 Å². The van der Waals surface area contributed by atoms with Gasteiger partial charge in [-0.3, -0.25) is 4.79 Å². The summed E-state index contributed by atoms with van der Waals surface area (Å²) in [6.45, 7) is 2.25. The van der Waals surface area contributed by atoms with Gasteiger partial charge in [0.05, 0.1) is 12.1 Å². The van der Waals surface area contributed by atoms with E-state index in [-0.39, 0.29) is 12.5 Å². The summed E-state index contributed by atoms with van der Waals surface area (Å²) in [6.07, 6.45) is 8.58. The Morgan fingerprint density at radius 2 is 1.94 bits per heavy atom. The van der Waals surface area contributed by atoms with E-state index in [9.17, 15) is 18.7 Å². The lowest BCUT2D eigenvalue weighted by Gasteiger charge is -2.22. The first-order chi connectivity index (χ1) is 16.4. The minimum absolute atomic E-state index is 0.00485. The summed E-state index contributed by atoms with van der Waals surface area (Å²) in [6, 6.07) is 9.49. The van der Waals surface area contributed by atoms with E-state index in [4.69, 9.17) is 0 Å². The Bertz CT molecular complexity index is 892. The Morgan fingerprint density at radius 3 is 2.68 bits per heavy atom. The van der Waals surface area contributed by atoms with Gasteiger partial charge in [0.25, 0.3) is 5.91 Å². The van der Waals surface area contributed by atoms with Gasteiger partial charge in [-0.1, -0.05) is 67.5 Å². The van der Waals surface area contributed by atoms with E-state index >= 15 is 0 Å². The first-order valence-corrected chi connectivity index (χ1v) is 12.2. The summed E-state index contributed by atoms with van der Waals surface area (Å²) in [4.78, 5) is 13.5. The Balaban J connectivity index is 1.42. The highest BCUT2D eigenvalue weighted by Crippen LogP contribution is 2.34. The molecular weight excluding hydrogens is 440 g/mol. The number of likely N-dealkylation sites (tertiary alicyclic amines) is 1. The minimum Gasteiger partial charge on any atom is -0.389 e. The molecule has 9 heteroatoms. The van der Waals surface area contributed by atoms with Crippen LogP contribution in [0.2, 0.25) is 0 Å². The summed E-state index contributed by atoms with van der Waals surface area (Å²) >= 11 is 0. The van der Waals surface area contributed by atoms with E-state index in [0.717, 1.165) is 38.5 Å². The number of amides is 1. The number of carbonyl (C=O) groups excluding carboxylic acids is 1. The molecular formula is C25H35F2N5O2. The van der Waals surface area contributed by atoms with Gasteiger partial charge in [0.2, 0.25) is 0 Å². The summed E-state index contributed by atoms with van der Waals surface area (Å²) in [5, 5.41) is 24.2. The normalized spacial score (nSPS) is 19.7. The molecule has 0 aliphatic carbocycles. The fourth-order valence-corrected chi connectivity index (χ4v) is 4.34. The number of unbranched alkanes of at least 4 members (excludes halogenated alkanes) is 3. The van der Waals surface area contributed by atoms with E-state index in [1.54, 1.807) is 12.2 Å². The molecule has 0 bridgehead atoms. The number of nitrogens with one attached hydrogen (secondary N) is 1. The number of aryl methyl sites for hydroxylation is 2. The van der Waals surface area contributed by atoms with Gasteiger partial charge in [-0.05, 0) is 43.6 Å².